The minimum atomic E-state index is -0.569. The maximum absolute atomic E-state index is 13.8. The zero-order valence-corrected chi connectivity index (χ0v) is 13.8. The van der Waals surface area contributed by atoms with Gasteiger partial charge >= 0.3 is 0 Å². The molecule has 1 aliphatic rings. The number of allylic oxidation sites excluding steroid dienone is 1. The van der Waals surface area contributed by atoms with Gasteiger partial charge in [0, 0.05) is 18.8 Å². The molecule has 0 aliphatic carbocycles. The van der Waals surface area contributed by atoms with E-state index in [9.17, 15) is 9.18 Å². The molecule has 1 N–H and O–H groups in total. The molecule has 1 aromatic heterocycles. The molecule has 0 spiro atoms. The molecule has 2 heterocycles. The van der Waals surface area contributed by atoms with Crippen molar-refractivity contribution in [3.8, 4) is 0 Å². The molecular weight excluding hydrogens is 311 g/mol. The van der Waals surface area contributed by atoms with Crippen LogP contribution in [0.15, 0.2) is 35.5 Å². The monoisotopic (exact) mass is 330 g/mol. The van der Waals surface area contributed by atoms with Gasteiger partial charge in [0.1, 0.15) is 11.9 Å². The van der Waals surface area contributed by atoms with Crippen molar-refractivity contribution < 1.29 is 9.18 Å². The topological polar surface area (TPSA) is 75.9 Å². The smallest absolute Gasteiger partial charge is 0.254 e. The van der Waals surface area contributed by atoms with E-state index in [1.54, 1.807) is 24.0 Å². The quantitative estimate of drug-likeness (QED) is 0.927. The number of halogens is 1. The highest BCUT2D eigenvalue weighted by Gasteiger charge is 2.35. The fourth-order valence-electron chi connectivity index (χ4n) is 2.96. The molecule has 0 saturated carbocycles. The summed E-state index contributed by atoms with van der Waals surface area (Å²) in [6.07, 6.45) is 0. The molecule has 7 nitrogen and oxygen atoms in total. The highest BCUT2D eigenvalue weighted by Crippen LogP contribution is 2.35. The summed E-state index contributed by atoms with van der Waals surface area (Å²) in [6, 6.07) is 5.59. The Morgan fingerprint density at radius 1 is 1.38 bits per heavy atom. The van der Waals surface area contributed by atoms with Gasteiger partial charge in [-0.25, -0.2) is 4.39 Å². The number of nitrogens with zero attached hydrogens (tertiary/aromatic N) is 5. The lowest BCUT2D eigenvalue weighted by Crippen LogP contribution is -2.38. The van der Waals surface area contributed by atoms with Crippen molar-refractivity contribution in [2.24, 2.45) is 0 Å². The summed E-state index contributed by atoms with van der Waals surface area (Å²) in [5, 5.41) is 14.6. The van der Waals surface area contributed by atoms with E-state index in [1.165, 1.54) is 16.8 Å². The van der Waals surface area contributed by atoms with E-state index < -0.39 is 6.04 Å². The number of carbonyl (C=O) groups excluding carboxylic acids is 1. The summed E-state index contributed by atoms with van der Waals surface area (Å²) < 4.78 is 15.3. The summed E-state index contributed by atoms with van der Waals surface area (Å²) in [4.78, 5) is 14.7. The number of fused-ring (bicyclic) bond motifs is 1. The van der Waals surface area contributed by atoms with Crippen LogP contribution in [0.4, 0.5) is 10.3 Å². The molecule has 3 rings (SSSR count). The van der Waals surface area contributed by atoms with Crippen molar-refractivity contribution in [3.05, 3.63) is 46.9 Å². The molecule has 2 aromatic rings. The number of likely N-dealkylation sites (N-methyl/N-ethyl adjacent to an activating group) is 1. The fourth-order valence-corrected chi connectivity index (χ4v) is 2.96. The van der Waals surface area contributed by atoms with Gasteiger partial charge in [-0.15, -0.1) is 0 Å². The molecule has 0 fully saturated rings. The number of aromatic nitrogens is 4. The first kappa shape index (κ1) is 16.1. The second-order valence-corrected chi connectivity index (χ2v) is 5.55. The standard InChI is InChI=1S/C16H19FN6O/c1-4-22(5-2)15(24)13-10(3)18-16-19-20-21-23(16)14(13)11-7-6-8-12(17)9-11/h6-9,14H,4-5H2,1-3H3,(H,18,19,21)/t14-/m1/s1. The number of nitrogens with one attached hydrogen (secondary N) is 1. The van der Waals surface area contributed by atoms with Crippen LogP contribution in [0.5, 0.6) is 0 Å². The first-order chi connectivity index (χ1) is 11.6. The van der Waals surface area contributed by atoms with E-state index in [0.717, 1.165) is 0 Å². The summed E-state index contributed by atoms with van der Waals surface area (Å²) in [7, 11) is 0. The fraction of sp³-hybridized carbons (Fsp3) is 0.375. The van der Waals surface area contributed by atoms with Crippen molar-refractivity contribution in [1.82, 2.24) is 25.1 Å². The molecule has 0 saturated heterocycles. The molecule has 1 atom stereocenters. The lowest BCUT2D eigenvalue weighted by atomic mass is 9.94. The van der Waals surface area contributed by atoms with E-state index in [2.05, 4.69) is 20.8 Å². The van der Waals surface area contributed by atoms with Crippen LogP contribution in [0, 0.1) is 5.82 Å². The third-order valence-corrected chi connectivity index (χ3v) is 4.16. The van der Waals surface area contributed by atoms with Gasteiger partial charge in [0.15, 0.2) is 0 Å². The van der Waals surface area contributed by atoms with Gasteiger partial charge in [-0.2, -0.15) is 4.68 Å². The lowest BCUT2D eigenvalue weighted by molar-refractivity contribution is -0.127. The lowest BCUT2D eigenvalue weighted by Gasteiger charge is -2.31. The zero-order valence-electron chi connectivity index (χ0n) is 13.8. The SMILES string of the molecule is CCN(CC)C(=O)C1=C(C)Nc2nnnn2[C@@H]1c1cccc(F)c1. The normalized spacial score (nSPS) is 16.6. The number of anilines is 1. The van der Waals surface area contributed by atoms with Gasteiger partial charge in [0.05, 0.1) is 5.57 Å². The van der Waals surface area contributed by atoms with Gasteiger partial charge in [-0.3, -0.25) is 4.79 Å². The van der Waals surface area contributed by atoms with Crippen molar-refractivity contribution in [2.75, 3.05) is 18.4 Å². The van der Waals surface area contributed by atoms with E-state index in [-0.39, 0.29) is 11.7 Å². The largest absolute Gasteiger partial charge is 0.339 e. The molecule has 126 valence electrons. The molecule has 24 heavy (non-hydrogen) atoms. The summed E-state index contributed by atoms with van der Waals surface area (Å²) in [5.41, 5.74) is 1.81. The summed E-state index contributed by atoms with van der Waals surface area (Å²) in [6.45, 7) is 6.83. The molecule has 1 amide bonds. The Bertz CT molecular complexity index is 795. The highest BCUT2D eigenvalue weighted by atomic mass is 19.1. The van der Waals surface area contributed by atoms with Gasteiger partial charge < -0.3 is 10.2 Å². The number of benzene rings is 1. The van der Waals surface area contributed by atoms with Crippen molar-refractivity contribution in [1.29, 1.82) is 0 Å². The Morgan fingerprint density at radius 2 is 2.12 bits per heavy atom. The average Bonchev–Trinajstić information content (AvgIpc) is 3.02. The van der Waals surface area contributed by atoms with Crippen LogP contribution >= 0.6 is 0 Å². The van der Waals surface area contributed by atoms with E-state index in [4.69, 9.17) is 0 Å². The second-order valence-electron chi connectivity index (χ2n) is 5.55. The Morgan fingerprint density at radius 3 is 2.79 bits per heavy atom. The number of rotatable bonds is 4. The summed E-state index contributed by atoms with van der Waals surface area (Å²) >= 11 is 0. The predicted molar refractivity (Wildman–Crippen MR) is 86.6 cm³/mol. The third-order valence-electron chi connectivity index (χ3n) is 4.16. The van der Waals surface area contributed by atoms with Crippen LogP contribution in [0.25, 0.3) is 0 Å². The Hall–Kier alpha value is -2.77. The number of amides is 1. The van der Waals surface area contributed by atoms with Crippen molar-refractivity contribution in [2.45, 2.75) is 26.8 Å². The summed E-state index contributed by atoms with van der Waals surface area (Å²) in [5.74, 6) is -0.0498. The number of carbonyl (C=O) groups is 1. The maximum Gasteiger partial charge on any atom is 0.254 e. The molecular formula is C16H19FN6O. The first-order valence-electron chi connectivity index (χ1n) is 7.87. The molecule has 0 unspecified atom stereocenters. The number of tetrazole rings is 1. The van der Waals surface area contributed by atoms with Crippen molar-refractivity contribution in [3.63, 3.8) is 0 Å². The van der Waals surface area contributed by atoms with E-state index in [1.807, 2.05) is 13.8 Å². The van der Waals surface area contributed by atoms with Gasteiger partial charge in [-0.05, 0) is 48.9 Å². The van der Waals surface area contributed by atoms with E-state index in [0.29, 0.717) is 35.9 Å². The second kappa shape index (κ2) is 6.38. The van der Waals surface area contributed by atoms with Crippen molar-refractivity contribution >= 4 is 11.9 Å². The Balaban J connectivity index is 2.15. The van der Waals surface area contributed by atoms with Crippen LogP contribution in [0.3, 0.4) is 0 Å². The maximum atomic E-state index is 13.8. The molecule has 1 aromatic carbocycles. The highest BCUT2D eigenvalue weighted by molar-refractivity contribution is 5.96. The third kappa shape index (κ3) is 2.64. The van der Waals surface area contributed by atoms with Crippen LogP contribution < -0.4 is 5.32 Å². The van der Waals surface area contributed by atoms with Gasteiger partial charge in [0.2, 0.25) is 5.95 Å². The van der Waals surface area contributed by atoms with Crippen LogP contribution in [0.1, 0.15) is 32.4 Å². The average molecular weight is 330 g/mol. The first-order valence-corrected chi connectivity index (χ1v) is 7.87. The van der Waals surface area contributed by atoms with Gasteiger partial charge in [0.25, 0.3) is 5.91 Å². The van der Waals surface area contributed by atoms with E-state index >= 15 is 0 Å². The Kier molecular flexibility index (Phi) is 4.28. The number of hydrogen-bond donors (Lipinski definition) is 1. The Labute approximate surface area is 139 Å². The predicted octanol–water partition coefficient (Wildman–Crippen LogP) is 1.97. The minimum Gasteiger partial charge on any atom is -0.339 e. The van der Waals surface area contributed by atoms with Crippen LogP contribution in [0.2, 0.25) is 0 Å². The molecule has 1 aliphatic heterocycles. The minimum absolute atomic E-state index is 0.111. The molecule has 0 radical (unpaired) electrons. The molecule has 0 bridgehead atoms. The molecule has 8 heteroatoms. The van der Waals surface area contributed by atoms with Crippen LogP contribution in [-0.2, 0) is 4.79 Å². The number of hydrogen-bond acceptors (Lipinski definition) is 5. The van der Waals surface area contributed by atoms with Gasteiger partial charge in [-0.1, -0.05) is 17.2 Å². The van der Waals surface area contributed by atoms with Crippen LogP contribution in [-0.4, -0.2) is 44.1 Å². The zero-order chi connectivity index (χ0) is 17.3.